The average Bonchev–Trinajstić information content (AvgIpc) is 2.77. The molecule has 0 spiro atoms. The van der Waals surface area contributed by atoms with Crippen LogP contribution in [0.5, 0.6) is 0 Å². The molecule has 2 aromatic rings. The molecule has 36 heavy (non-hydrogen) atoms. The number of hydrogen-bond donors (Lipinski definition) is 2. The van der Waals surface area contributed by atoms with E-state index in [-0.39, 0.29) is 12.1 Å². The van der Waals surface area contributed by atoms with Crippen LogP contribution in [-0.4, -0.2) is 13.1 Å². The van der Waals surface area contributed by atoms with E-state index in [1.54, 1.807) is 0 Å². The number of benzene rings is 2. The Morgan fingerprint density at radius 1 is 0.611 bits per heavy atom. The number of nitrogens with two attached hydrogens (primary N) is 2. The van der Waals surface area contributed by atoms with Gasteiger partial charge in [0.1, 0.15) is 0 Å². The Morgan fingerprint density at radius 2 is 0.833 bits per heavy atom. The fraction of sp³-hybridized carbons (Fsp3) is 0.600. The first-order valence-corrected chi connectivity index (χ1v) is 15.6. The molecule has 3 nitrogen and oxygen atoms in total. The van der Waals surface area contributed by atoms with Gasteiger partial charge in [0.05, 0.1) is 0 Å². The molecule has 0 saturated carbocycles. The van der Waals surface area contributed by atoms with Crippen LogP contribution in [0.15, 0.2) is 24.3 Å². The molecule has 209 valence electrons. The van der Waals surface area contributed by atoms with E-state index in [9.17, 15) is 0 Å². The number of nitrogens with zero attached hydrogens (tertiary/aromatic N) is 1. The van der Waals surface area contributed by atoms with E-state index >= 15 is 0 Å². The van der Waals surface area contributed by atoms with Crippen LogP contribution in [0.1, 0.15) is 136 Å². The van der Waals surface area contributed by atoms with Crippen LogP contribution in [0.2, 0.25) is 0 Å². The standard InChI is InChI=1S/C30H48N3.2ClH.Cu/c1-17(2)23-11-21(9)12-24(18(3)4)29(23)27(31)15-33-16-28(32)30-25(19(5)6)13-22(10)14-26(30)20(7)8;;;/h11-14,17-20,27-28H,15-16,31-32H2,1-10H3;2*1H;/q-1;;;+2/p-2. The second kappa shape index (κ2) is 15.7. The third kappa shape index (κ3) is 9.31. The Balaban J connectivity index is 0.00000205. The molecular formula is C30H48Cl2CuN3-. The zero-order chi connectivity index (χ0) is 27.7. The summed E-state index contributed by atoms with van der Waals surface area (Å²) in [6.07, 6.45) is 0. The van der Waals surface area contributed by atoms with Crippen molar-refractivity contribution in [2.75, 3.05) is 13.1 Å². The second-order valence-corrected chi connectivity index (χ2v) is 12.7. The topological polar surface area (TPSA) is 66.1 Å². The van der Waals surface area contributed by atoms with Crippen LogP contribution >= 0.6 is 20.2 Å². The summed E-state index contributed by atoms with van der Waals surface area (Å²) in [4.78, 5) is 0. The van der Waals surface area contributed by atoms with E-state index < -0.39 is 0 Å². The van der Waals surface area contributed by atoms with E-state index in [1.807, 2.05) is 0 Å². The first-order valence-electron chi connectivity index (χ1n) is 13.0. The molecular weight excluding hydrogens is 537 g/mol. The van der Waals surface area contributed by atoms with Gasteiger partial charge in [0.15, 0.2) is 0 Å². The molecule has 2 atom stereocenters. The van der Waals surface area contributed by atoms with E-state index in [4.69, 9.17) is 16.8 Å². The molecule has 4 N–H and O–H groups in total. The molecule has 2 rings (SSSR count). The van der Waals surface area contributed by atoms with Gasteiger partial charge >= 0.3 is 33.3 Å². The Morgan fingerprint density at radius 3 is 1.03 bits per heavy atom. The Bertz CT molecular complexity index is 824. The van der Waals surface area contributed by atoms with Gasteiger partial charge in [-0.15, -0.1) is 13.1 Å². The van der Waals surface area contributed by atoms with Gasteiger partial charge in [-0.2, -0.15) is 0 Å². The van der Waals surface area contributed by atoms with Crippen molar-refractivity contribution in [3.05, 3.63) is 74.1 Å². The Kier molecular flexibility index (Phi) is 14.6. The van der Waals surface area contributed by atoms with Crippen molar-refractivity contribution in [2.24, 2.45) is 11.5 Å². The quantitative estimate of drug-likeness (QED) is 0.273. The van der Waals surface area contributed by atoms with Crippen molar-refractivity contribution in [3.8, 4) is 0 Å². The minimum atomic E-state index is -0.111. The van der Waals surface area contributed by atoms with Crippen LogP contribution in [0, 0.1) is 13.8 Å². The summed E-state index contributed by atoms with van der Waals surface area (Å²) in [5.74, 6) is 1.72. The predicted molar refractivity (Wildman–Crippen MR) is 157 cm³/mol. The Labute approximate surface area is 236 Å². The number of hydrogen-bond acceptors (Lipinski definition) is 2. The molecule has 0 bridgehead atoms. The minimum absolute atomic E-state index is 0.111. The number of rotatable bonds is 10. The van der Waals surface area contributed by atoms with E-state index in [0.29, 0.717) is 36.8 Å². The van der Waals surface area contributed by atoms with Gasteiger partial charge in [0.25, 0.3) is 0 Å². The summed E-state index contributed by atoms with van der Waals surface area (Å²) >= 11 is 0.757. The summed E-state index contributed by atoms with van der Waals surface area (Å²) in [5, 5.41) is 4.92. The van der Waals surface area contributed by atoms with Crippen molar-refractivity contribution in [1.82, 2.24) is 0 Å². The van der Waals surface area contributed by atoms with Gasteiger partial charge in [-0.25, -0.2) is 0 Å². The van der Waals surface area contributed by atoms with Crippen molar-refractivity contribution in [1.29, 1.82) is 0 Å². The van der Waals surface area contributed by atoms with Gasteiger partial charge in [-0.3, -0.25) is 0 Å². The van der Waals surface area contributed by atoms with Crippen LogP contribution in [0.3, 0.4) is 0 Å². The summed E-state index contributed by atoms with van der Waals surface area (Å²) in [7, 11) is 9.34. The zero-order valence-electron chi connectivity index (χ0n) is 23.8. The molecule has 0 saturated heterocycles. The van der Waals surface area contributed by atoms with Crippen molar-refractivity contribution < 1.29 is 13.1 Å². The summed E-state index contributed by atoms with van der Waals surface area (Å²) in [6.45, 7) is 23.5. The second-order valence-electron chi connectivity index (χ2n) is 11.2. The van der Waals surface area contributed by atoms with E-state index in [1.165, 1.54) is 44.5 Å². The van der Waals surface area contributed by atoms with Gasteiger partial charge in [-0.1, -0.05) is 90.8 Å². The third-order valence-electron chi connectivity index (χ3n) is 6.66. The van der Waals surface area contributed by atoms with Crippen molar-refractivity contribution in [2.45, 2.75) is 105 Å². The summed E-state index contributed by atoms with van der Waals surface area (Å²) < 4.78 is 0. The molecule has 0 fully saturated rings. The van der Waals surface area contributed by atoms with Gasteiger partial charge < -0.3 is 16.8 Å². The molecule has 0 heterocycles. The molecule has 0 aliphatic heterocycles. The molecule has 0 aliphatic rings. The van der Waals surface area contributed by atoms with Crippen molar-refractivity contribution in [3.63, 3.8) is 0 Å². The number of aryl methyl sites for hydroxylation is 2. The van der Waals surface area contributed by atoms with Gasteiger partial charge in [0.2, 0.25) is 0 Å². The molecule has 6 heteroatoms. The van der Waals surface area contributed by atoms with Crippen LogP contribution in [-0.2, 0) is 13.1 Å². The van der Waals surface area contributed by atoms with Crippen LogP contribution in [0.4, 0.5) is 0 Å². The van der Waals surface area contributed by atoms with E-state index in [0.717, 1.165) is 13.1 Å². The molecule has 0 aromatic heterocycles. The molecule has 2 aromatic carbocycles. The maximum atomic E-state index is 6.79. The van der Waals surface area contributed by atoms with E-state index in [2.05, 4.69) is 114 Å². The van der Waals surface area contributed by atoms with Gasteiger partial charge in [-0.05, 0) is 70.9 Å². The molecule has 0 aliphatic carbocycles. The van der Waals surface area contributed by atoms with Crippen molar-refractivity contribution >= 4 is 20.2 Å². The maximum absolute atomic E-state index is 6.79. The summed E-state index contributed by atoms with van der Waals surface area (Å²) in [6, 6.07) is 8.97. The molecule has 2 unspecified atom stereocenters. The average molecular weight is 585 g/mol. The fourth-order valence-corrected chi connectivity index (χ4v) is 5.01. The number of halogens is 2. The molecule has 0 radical (unpaired) electrons. The first kappa shape index (κ1) is 33.4. The first-order chi connectivity index (χ1) is 16.8. The SMILES string of the molecule is Cc1cc(C(C)C)c(C(N)C[N-]CC(N)c2c(C(C)C)cc(C)cc2C(C)C)c(C(C)C)c1.[Cl][Cu][Cl]. The third-order valence-corrected chi connectivity index (χ3v) is 6.66. The zero-order valence-corrected chi connectivity index (χ0v) is 26.3. The molecule has 0 amide bonds. The summed E-state index contributed by atoms with van der Waals surface area (Å²) in [5.41, 5.74) is 24.2. The van der Waals surface area contributed by atoms with Crippen LogP contribution in [0.25, 0.3) is 5.32 Å². The normalized spacial score (nSPS) is 13.5. The van der Waals surface area contributed by atoms with Crippen LogP contribution < -0.4 is 11.5 Å². The predicted octanol–water partition coefficient (Wildman–Crippen LogP) is 9.25. The Hall–Kier alpha value is -0.581. The fourth-order valence-electron chi connectivity index (χ4n) is 5.01. The van der Waals surface area contributed by atoms with Gasteiger partial charge in [0, 0.05) is 12.1 Å². The monoisotopic (exact) mass is 583 g/mol.